The predicted octanol–water partition coefficient (Wildman–Crippen LogP) is -1.33. The lowest BCUT2D eigenvalue weighted by Gasteiger charge is -2.25. The minimum atomic E-state index is -1.22. The molecule has 0 fully saturated rings. The van der Waals surface area contributed by atoms with Gasteiger partial charge in [-0.2, -0.15) is 11.8 Å². The summed E-state index contributed by atoms with van der Waals surface area (Å²) in [4.78, 5) is 61.4. The Balaban J connectivity index is 2.98. The van der Waals surface area contributed by atoms with Crippen molar-refractivity contribution >= 4 is 41.4 Å². The van der Waals surface area contributed by atoms with Gasteiger partial charge in [0.25, 0.3) is 0 Å². The fourth-order valence-electron chi connectivity index (χ4n) is 3.53. The zero-order chi connectivity index (χ0) is 28.7. The zero-order valence-electron chi connectivity index (χ0n) is 22.1. The van der Waals surface area contributed by atoms with Crippen molar-refractivity contribution in [3.8, 4) is 0 Å². The second-order valence-corrected chi connectivity index (χ2v) is 10.3. The summed E-state index contributed by atoms with van der Waals surface area (Å²) in [6.07, 6.45) is 6.00. The number of aliphatic carboxylic acids is 1. The number of nitrogens with zero attached hydrogens (tertiary/aromatic N) is 2. The van der Waals surface area contributed by atoms with E-state index < -0.39 is 47.9 Å². The Kier molecular flexibility index (Phi) is 14.8. The fourth-order valence-corrected chi connectivity index (χ4v) is 4.00. The summed E-state index contributed by atoms with van der Waals surface area (Å²) in [6.45, 7) is 4.08. The van der Waals surface area contributed by atoms with Gasteiger partial charge in [0.15, 0.2) is 5.96 Å². The number of H-pyrrole nitrogens is 1. The molecule has 3 amide bonds. The van der Waals surface area contributed by atoms with Crippen molar-refractivity contribution in [3.63, 3.8) is 0 Å². The minimum absolute atomic E-state index is 0.0887. The van der Waals surface area contributed by atoms with Gasteiger partial charge in [-0.1, -0.05) is 13.8 Å². The Labute approximate surface area is 226 Å². The van der Waals surface area contributed by atoms with Crippen molar-refractivity contribution in [1.29, 1.82) is 0 Å². The Morgan fingerprint density at radius 1 is 1.05 bits per heavy atom. The molecule has 14 nitrogen and oxygen atoms in total. The number of guanidine groups is 1. The lowest BCUT2D eigenvalue weighted by atomic mass is 10.0. The highest BCUT2D eigenvalue weighted by atomic mass is 32.2. The van der Waals surface area contributed by atoms with Crippen molar-refractivity contribution in [2.75, 3.05) is 18.6 Å². The number of nitrogens with one attached hydrogen (secondary N) is 4. The number of aromatic nitrogens is 2. The molecule has 38 heavy (non-hydrogen) atoms. The standard InChI is InChI=1S/C23H41N9O5S/c1-13(2)9-15(24)19(33)32-18(10-14-11-27-12-29-14)21(35)30-16(6-8-38-3)20(34)31-17(22(36)37)5-4-7-28-23(25)26/h11-13,15-18H,4-10,24H2,1-3H3,(H,27,29)(H,30,35)(H,31,34)(H,32,33)(H,36,37)(H4,25,26,28). The van der Waals surface area contributed by atoms with Crippen molar-refractivity contribution in [1.82, 2.24) is 25.9 Å². The number of nitrogens with two attached hydrogens (primary N) is 3. The SMILES string of the molecule is CSCCC(NC(=O)C(Cc1cnc[nH]1)NC(=O)C(N)CC(C)C)C(=O)NC(CCCN=C(N)N)C(=O)O. The van der Waals surface area contributed by atoms with Gasteiger partial charge in [0.2, 0.25) is 17.7 Å². The van der Waals surface area contributed by atoms with Crippen LogP contribution in [-0.4, -0.2) is 87.4 Å². The Hall–Kier alpha value is -3.33. The van der Waals surface area contributed by atoms with Crippen LogP contribution in [0.2, 0.25) is 0 Å². The van der Waals surface area contributed by atoms with Gasteiger partial charge in [-0.05, 0) is 43.6 Å². The molecule has 1 aromatic heterocycles. The third kappa shape index (κ3) is 12.8. The Bertz CT molecular complexity index is 922. The molecular formula is C23H41N9O5S. The molecular weight excluding hydrogens is 514 g/mol. The molecule has 0 spiro atoms. The molecule has 0 aliphatic carbocycles. The lowest BCUT2D eigenvalue weighted by Crippen LogP contribution is -2.57. The number of carboxylic acids is 1. The van der Waals surface area contributed by atoms with Crippen LogP contribution in [0.4, 0.5) is 0 Å². The smallest absolute Gasteiger partial charge is 0.326 e. The first-order valence-electron chi connectivity index (χ1n) is 12.4. The van der Waals surface area contributed by atoms with E-state index in [1.165, 1.54) is 24.3 Å². The summed E-state index contributed by atoms with van der Waals surface area (Å²) in [5.74, 6) is -2.37. The molecule has 0 aliphatic rings. The molecule has 4 unspecified atom stereocenters. The molecule has 15 heteroatoms. The predicted molar refractivity (Wildman–Crippen MR) is 146 cm³/mol. The van der Waals surface area contributed by atoms with Crippen LogP contribution in [0.5, 0.6) is 0 Å². The van der Waals surface area contributed by atoms with E-state index in [1.54, 1.807) is 0 Å². The first-order valence-corrected chi connectivity index (χ1v) is 13.7. The third-order valence-corrected chi connectivity index (χ3v) is 6.12. The van der Waals surface area contributed by atoms with Crippen molar-refractivity contribution < 1.29 is 24.3 Å². The van der Waals surface area contributed by atoms with Crippen LogP contribution in [0.1, 0.15) is 45.2 Å². The van der Waals surface area contributed by atoms with Gasteiger partial charge in [0.05, 0.1) is 12.4 Å². The van der Waals surface area contributed by atoms with E-state index in [2.05, 4.69) is 30.9 Å². The van der Waals surface area contributed by atoms with E-state index in [0.717, 1.165) is 0 Å². The average molecular weight is 556 g/mol. The molecule has 1 aromatic rings. The molecule has 0 bridgehead atoms. The van der Waals surface area contributed by atoms with Gasteiger partial charge in [-0.3, -0.25) is 19.4 Å². The third-order valence-electron chi connectivity index (χ3n) is 5.48. The highest BCUT2D eigenvalue weighted by Gasteiger charge is 2.30. The van der Waals surface area contributed by atoms with E-state index in [9.17, 15) is 24.3 Å². The number of imidazole rings is 1. The van der Waals surface area contributed by atoms with Crippen LogP contribution in [0, 0.1) is 5.92 Å². The van der Waals surface area contributed by atoms with Crippen LogP contribution in [0.25, 0.3) is 0 Å². The number of hydrogen-bond acceptors (Lipinski definition) is 8. The highest BCUT2D eigenvalue weighted by molar-refractivity contribution is 7.98. The van der Waals surface area contributed by atoms with E-state index in [4.69, 9.17) is 17.2 Å². The highest BCUT2D eigenvalue weighted by Crippen LogP contribution is 2.08. The van der Waals surface area contributed by atoms with Crippen LogP contribution in [0.3, 0.4) is 0 Å². The molecule has 4 atom stereocenters. The van der Waals surface area contributed by atoms with Crippen LogP contribution in [0.15, 0.2) is 17.5 Å². The van der Waals surface area contributed by atoms with Crippen molar-refractivity contribution in [2.24, 2.45) is 28.1 Å². The first-order chi connectivity index (χ1) is 17.9. The number of carbonyl (C=O) groups is 4. The number of thioether (sulfide) groups is 1. The van der Waals surface area contributed by atoms with Crippen LogP contribution < -0.4 is 33.2 Å². The van der Waals surface area contributed by atoms with Gasteiger partial charge in [-0.15, -0.1) is 0 Å². The summed E-state index contributed by atoms with van der Waals surface area (Å²) >= 11 is 1.47. The van der Waals surface area contributed by atoms with Crippen LogP contribution >= 0.6 is 11.8 Å². The van der Waals surface area contributed by atoms with Gasteiger partial charge >= 0.3 is 5.97 Å². The second-order valence-electron chi connectivity index (χ2n) is 9.27. The number of aromatic amines is 1. The summed E-state index contributed by atoms with van der Waals surface area (Å²) in [5, 5.41) is 17.4. The fraction of sp³-hybridized carbons (Fsp3) is 0.652. The summed E-state index contributed by atoms with van der Waals surface area (Å²) in [7, 11) is 0. The van der Waals surface area contributed by atoms with Crippen molar-refractivity contribution in [3.05, 3.63) is 18.2 Å². The molecule has 1 heterocycles. The molecule has 1 rings (SSSR count). The van der Waals surface area contributed by atoms with E-state index >= 15 is 0 Å². The topological polar surface area (TPSA) is 244 Å². The average Bonchev–Trinajstić information content (AvgIpc) is 3.35. The summed E-state index contributed by atoms with van der Waals surface area (Å²) in [6, 6.07) is -4.07. The minimum Gasteiger partial charge on any atom is -0.480 e. The maximum atomic E-state index is 13.3. The quantitative estimate of drug-likeness (QED) is 0.0602. The monoisotopic (exact) mass is 555 g/mol. The van der Waals surface area contributed by atoms with E-state index in [-0.39, 0.29) is 37.7 Å². The van der Waals surface area contributed by atoms with Gasteiger partial charge in [0, 0.05) is 24.9 Å². The normalized spacial score (nSPS) is 14.1. The van der Waals surface area contributed by atoms with Crippen LogP contribution in [-0.2, 0) is 25.6 Å². The molecule has 0 radical (unpaired) electrons. The first kappa shape index (κ1) is 32.7. The number of carbonyl (C=O) groups excluding carboxylic acids is 3. The second kappa shape index (κ2) is 17.2. The molecule has 0 saturated carbocycles. The van der Waals surface area contributed by atoms with E-state index in [0.29, 0.717) is 24.3 Å². The number of carboxylic acid groups (broad SMARTS) is 1. The summed E-state index contributed by atoms with van der Waals surface area (Å²) < 4.78 is 0. The van der Waals surface area contributed by atoms with Gasteiger partial charge in [0.1, 0.15) is 18.1 Å². The van der Waals surface area contributed by atoms with Gasteiger partial charge < -0.3 is 43.2 Å². The largest absolute Gasteiger partial charge is 0.480 e. The van der Waals surface area contributed by atoms with Crippen molar-refractivity contribution in [2.45, 2.75) is 70.1 Å². The Morgan fingerprint density at radius 3 is 2.24 bits per heavy atom. The lowest BCUT2D eigenvalue weighted by molar-refractivity contribution is -0.142. The van der Waals surface area contributed by atoms with Gasteiger partial charge in [-0.25, -0.2) is 9.78 Å². The maximum Gasteiger partial charge on any atom is 0.326 e. The molecule has 0 aromatic carbocycles. The number of hydrogen-bond donors (Lipinski definition) is 8. The molecule has 0 aliphatic heterocycles. The zero-order valence-corrected chi connectivity index (χ0v) is 22.9. The molecule has 0 saturated heterocycles. The molecule has 11 N–H and O–H groups in total. The Morgan fingerprint density at radius 2 is 1.68 bits per heavy atom. The summed E-state index contributed by atoms with van der Waals surface area (Å²) in [5.41, 5.74) is 17.1. The van der Waals surface area contributed by atoms with E-state index in [1.807, 2.05) is 20.1 Å². The number of aliphatic imine (C=N–C) groups is 1. The maximum absolute atomic E-state index is 13.3. The number of rotatable bonds is 18. The number of amides is 3. The molecule has 214 valence electrons.